The first-order valence-corrected chi connectivity index (χ1v) is 19.1. The van der Waals surface area contributed by atoms with Gasteiger partial charge in [-0.05, 0) is 55.9 Å². The molecule has 0 unspecified atom stereocenters. The maximum Gasteiger partial charge on any atom is 0.435 e. The molecule has 302 valence electrons. The first-order chi connectivity index (χ1) is 26.3. The van der Waals surface area contributed by atoms with Gasteiger partial charge in [0.2, 0.25) is 21.8 Å². The number of anilines is 1. The van der Waals surface area contributed by atoms with E-state index in [4.69, 9.17) is 0 Å². The number of aryl methyl sites for hydroxylation is 1. The van der Waals surface area contributed by atoms with Crippen molar-refractivity contribution in [3.63, 3.8) is 0 Å². The van der Waals surface area contributed by atoms with Gasteiger partial charge in [-0.15, -0.1) is 0 Å². The summed E-state index contributed by atoms with van der Waals surface area (Å²) in [6.07, 6.45) is -3.31. The van der Waals surface area contributed by atoms with Gasteiger partial charge in [0.05, 0.1) is 23.5 Å². The number of para-hydroxylation sites is 1. The van der Waals surface area contributed by atoms with Crippen molar-refractivity contribution >= 4 is 32.7 Å². The van der Waals surface area contributed by atoms with Crippen LogP contribution in [-0.4, -0.2) is 60.8 Å². The van der Waals surface area contributed by atoms with Crippen molar-refractivity contribution in [1.29, 1.82) is 0 Å². The van der Waals surface area contributed by atoms with Gasteiger partial charge in [0, 0.05) is 47.3 Å². The van der Waals surface area contributed by atoms with Crippen LogP contribution >= 0.6 is 0 Å². The van der Waals surface area contributed by atoms with E-state index in [0.29, 0.717) is 27.2 Å². The third kappa shape index (κ3) is 8.44. The number of nitrogens with zero attached hydrogens (tertiary/aromatic N) is 6. The smallest absolute Gasteiger partial charge is 0.378 e. The van der Waals surface area contributed by atoms with Crippen LogP contribution < -0.4 is 10.0 Å². The zero-order valence-corrected chi connectivity index (χ0v) is 31.9. The Balaban J connectivity index is 1.53. The van der Waals surface area contributed by atoms with Gasteiger partial charge < -0.3 is 10.4 Å². The van der Waals surface area contributed by atoms with Crippen LogP contribution in [0.4, 0.5) is 36.6 Å². The summed E-state index contributed by atoms with van der Waals surface area (Å²) in [5.74, 6) is -4.71. The van der Waals surface area contributed by atoms with Gasteiger partial charge >= 0.3 is 6.18 Å². The van der Waals surface area contributed by atoms with Crippen LogP contribution in [0.5, 0.6) is 0 Å². The Kier molecular flexibility index (Phi) is 10.4. The molecule has 1 amide bonds. The molecule has 12 nitrogen and oxygen atoms in total. The van der Waals surface area contributed by atoms with E-state index in [1.54, 1.807) is 18.2 Å². The molecule has 0 spiro atoms. The lowest BCUT2D eigenvalue weighted by atomic mass is 9.94. The maximum atomic E-state index is 15.6. The molecule has 0 bridgehead atoms. The second-order valence-electron chi connectivity index (χ2n) is 14.4. The summed E-state index contributed by atoms with van der Waals surface area (Å²) in [6, 6.07) is 5.88. The van der Waals surface area contributed by atoms with Gasteiger partial charge in [-0.25, -0.2) is 27.2 Å². The van der Waals surface area contributed by atoms with Gasteiger partial charge in [-0.3, -0.25) is 18.9 Å². The average molecular weight is 821 g/mol. The Morgan fingerprint density at radius 3 is 2.35 bits per heavy atom. The number of amides is 1. The molecule has 6 rings (SSSR count). The second-order valence-corrected chi connectivity index (χ2v) is 16.2. The predicted molar refractivity (Wildman–Crippen MR) is 193 cm³/mol. The van der Waals surface area contributed by atoms with Crippen molar-refractivity contribution in [2.24, 2.45) is 13.0 Å². The lowest BCUT2D eigenvalue weighted by Gasteiger charge is -2.23. The number of hydrogen-bond donors (Lipinski definition) is 3. The molecule has 0 saturated heterocycles. The number of hydrogen-bond acceptors (Lipinski definition) is 8. The van der Waals surface area contributed by atoms with Crippen LogP contribution in [0.15, 0.2) is 42.6 Å². The molecule has 20 heteroatoms. The van der Waals surface area contributed by atoms with Gasteiger partial charge in [-0.2, -0.15) is 32.1 Å². The van der Waals surface area contributed by atoms with Gasteiger partial charge in [0.15, 0.2) is 11.5 Å². The average Bonchev–Trinajstić information content (AvgIpc) is 3.67. The van der Waals surface area contributed by atoms with Crippen molar-refractivity contribution in [2.45, 2.75) is 70.3 Å². The Labute approximate surface area is 321 Å². The minimum atomic E-state index is -5.12. The van der Waals surface area contributed by atoms with Gasteiger partial charge in [0.25, 0.3) is 5.92 Å². The second kappa shape index (κ2) is 14.4. The zero-order valence-electron chi connectivity index (χ0n) is 31.1. The summed E-state index contributed by atoms with van der Waals surface area (Å²) in [5.41, 5.74) is -4.12. The molecule has 57 heavy (non-hydrogen) atoms. The minimum absolute atomic E-state index is 0.0154. The lowest BCUT2D eigenvalue weighted by Crippen LogP contribution is -2.35. The predicted octanol–water partition coefficient (Wildman–Crippen LogP) is 5.96. The fourth-order valence-electron chi connectivity index (χ4n) is 6.86. The Morgan fingerprint density at radius 1 is 1.07 bits per heavy atom. The van der Waals surface area contributed by atoms with Crippen LogP contribution in [0.25, 0.3) is 22.0 Å². The number of nitrogens with one attached hydrogen (secondary N) is 2. The highest BCUT2D eigenvalue weighted by molar-refractivity contribution is 7.92. The van der Waals surface area contributed by atoms with Crippen LogP contribution in [0.1, 0.15) is 73.7 Å². The molecule has 0 fully saturated rings. The van der Waals surface area contributed by atoms with Crippen molar-refractivity contribution in [1.82, 2.24) is 34.8 Å². The summed E-state index contributed by atoms with van der Waals surface area (Å²) in [7, 11) is -2.27. The van der Waals surface area contributed by atoms with E-state index in [9.17, 15) is 40.3 Å². The highest BCUT2D eigenvalue weighted by Crippen LogP contribution is 2.55. The van der Waals surface area contributed by atoms with Gasteiger partial charge in [-0.1, -0.05) is 31.9 Å². The standard InChI is InChI=1S/C37H35F7N8O4S/c1-18-19(2)36(40,41)33-29(18)32(37(42,43)44)48-52(33)17-28(53)46-26(14-20-12-21(38)15-22(39)13-20)30-25(16-45-27(47-30)10-11-35(3,4)54)23-8-7-9-24-31(23)51(5)49-34(24)50-57(6,55)56/h7-9,12-13,15-16,18-19,26,54H,14,17H2,1-6H3,(H,46,53)(H,49,50)/t18-,19+,26-/m0/s1. The fraction of sp³-hybridized carbons (Fsp3) is 0.378. The van der Waals surface area contributed by atoms with Crippen LogP contribution in [0, 0.1) is 29.4 Å². The van der Waals surface area contributed by atoms with Crippen molar-refractivity contribution in [2.75, 3.05) is 11.0 Å². The Hall–Kier alpha value is -5.55. The first kappa shape index (κ1) is 41.1. The van der Waals surface area contributed by atoms with E-state index < -0.39 is 93.1 Å². The number of carbonyl (C=O) groups excluding carboxylic acids is 1. The molecule has 0 radical (unpaired) electrons. The summed E-state index contributed by atoms with van der Waals surface area (Å²) >= 11 is 0. The van der Waals surface area contributed by atoms with E-state index in [0.717, 1.165) is 25.3 Å². The van der Waals surface area contributed by atoms with E-state index in [-0.39, 0.29) is 28.5 Å². The highest BCUT2D eigenvalue weighted by Gasteiger charge is 2.57. The quantitative estimate of drug-likeness (QED) is 0.122. The number of aliphatic hydroxyl groups is 1. The van der Waals surface area contributed by atoms with Crippen molar-refractivity contribution in [3.8, 4) is 23.0 Å². The molecule has 0 saturated carbocycles. The summed E-state index contributed by atoms with van der Waals surface area (Å²) < 4.78 is 131. The Bertz CT molecular complexity index is 2570. The summed E-state index contributed by atoms with van der Waals surface area (Å²) in [6.45, 7) is 3.98. The number of carbonyl (C=O) groups is 1. The topological polar surface area (TPSA) is 157 Å². The fourth-order valence-corrected chi connectivity index (χ4v) is 7.36. The molecule has 0 aliphatic heterocycles. The zero-order chi connectivity index (χ0) is 42.0. The normalized spacial score (nSPS) is 17.2. The van der Waals surface area contributed by atoms with Gasteiger partial charge in [0.1, 0.15) is 29.5 Å². The molecular formula is C37H35F7N8O4S. The van der Waals surface area contributed by atoms with E-state index in [1.807, 2.05) is 0 Å². The lowest BCUT2D eigenvalue weighted by molar-refractivity contribution is -0.143. The van der Waals surface area contributed by atoms with Crippen LogP contribution in [0.3, 0.4) is 0 Å². The van der Waals surface area contributed by atoms with E-state index >= 15 is 8.78 Å². The minimum Gasteiger partial charge on any atom is -0.378 e. The van der Waals surface area contributed by atoms with E-state index in [2.05, 4.69) is 42.0 Å². The molecule has 3 N–H and O–H groups in total. The number of rotatable bonds is 9. The highest BCUT2D eigenvalue weighted by atomic mass is 32.2. The molecule has 1 aliphatic rings. The number of alkyl halides is 5. The van der Waals surface area contributed by atoms with E-state index in [1.165, 1.54) is 38.7 Å². The molecular weight excluding hydrogens is 786 g/mol. The Morgan fingerprint density at radius 2 is 1.74 bits per heavy atom. The monoisotopic (exact) mass is 820 g/mol. The summed E-state index contributed by atoms with van der Waals surface area (Å²) in [5, 5.41) is 20.9. The van der Waals surface area contributed by atoms with Crippen LogP contribution in [-0.2, 0) is 46.9 Å². The molecule has 1 aliphatic carbocycles. The SMILES string of the molecule is C[C@@H]1c2c(C(F)(F)F)nn(CC(=O)N[C@@H](Cc3cc(F)cc(F)c3)c3nc(C#CC(C)(C)O)ncc3-c3cccc4c(NS(C)(=O)=O)nn(C)c34)c2C(F)(F)[C@@H]1C. The van der Waals surface area contributed by atoms with Crippen molar-refractivity contribution < 1.29 is 49.1 Å². The number of aromatic nitrogens is 6. The third-order valence-electron chi connectivity index (χ3n) is 9.41. The third-order valence-corrected chi connectivity index (χ3v) is 9.97. The molecule has 3 heterocycles. The van der Waals surface area contributed by atoms with Crippen molar-refractivity contribution in [3.05, 3.63) is 88.3 Å². The molecule has 5 aromatic rings. The largest absolute Gasteiger partial charge is 0.435 e. The molecule has 2 aromatic carbocycles. The number of sulfonamides is 1. The number of benzene rings is 2. The maximum absolute atomic E-state index is 15.6. The van der Waals surface area contributed by atoms with Crippen LogP contribution in [0.2, 0.25) is 0 Å². The molecule has 3 atom stereocenters. The summed E-state index contributed by atoms with van der Waals surface area (Å²) in [4.78, 5) is 22.8. The first-order valence-electron chi connectivity index (χ1n) is 17.2. The number of halogens is 7. The number of fused-ring (bicyclic) bond motifs is 2. The molecule has 3 aromatic heterocycles.